The Balaban J connectivity index is 2.04. The molecule has 104 valence electrons. The van der Waals surface area contributed by atoms with Gasteiger partial charge in [-0.3, -0.25) is 4.79 Å². The molecule has 0 aliphatic rings. The summed E-state index contributed by atoms with van der Waals surface area (Å²) in [4.78, 5) is 10.3. The molecular formula is C16H16ClNO2. The van der Waals surface area contributed by atoms with E-state index in [-0.39, 0.29) is 0 Å². The van der Waals surface area contributed by atoms with Crippen LogP contribution in [0, 0.1) is 0 Å². The van der Waals surface area contributed by atoms with Gasteiger partial charge in [-0.25, -0.2) is 0 Å². The normalized spacial score (nSPS) is 10.1. The van der Waals surface area contributed by atoms with Gasteiger partial charge in [0.15, 0.2) is 0 Å². The summed E-state index contributed by atoms with van der Waals surface area (Å²) >= 11 is 6.00. The zero-order valence-electron chi connectivity index (χ0n) is 11.0. The predicted molar refractivity (Wildman–Crippen MR) is 80.0 cm³/mol. The Morgan fingerprint density at radius 1 is 1.15 bits per heavy atom. The molecule has 0 heterocycles. The summed E-state index contributed by atoms with van der Waals surface area (Å²) in [5.41, 5.74) is 2.10. The second-order valence-electron chi connectivity index (χ2n) is 4.35. The lowest BCUT2D eigenvalue weighted by atomic mass is 10.1. The van der Waals surface area contributed by atoms with Crippen molar-refractivity contribution in [3.05, 3.63) is 64.7 Å². The first kappa shape index (κ1) is 14.4. The lowest BCUT2D eigenvalue weighted by molar-refractivity contribution is -0.109. The van der Waals surface area contributed by atoms with Crippen LogP contribution in [0.25, 0.3) is 0 Å². The van der Waals surface area contributed by atoms with Crippen molar-refractivity contribution < 1.29 is 9.53 Å². The summed E-state index contributed by atoms with van der Waals surface area (Å²) in [5, 5.41) is 3.30. The van der Waals surface area contributed by atoms with E-state index in [1.807, 2.05) is 42.5 Å². The number of halogens is 1. The first-order chi connectivity index (χ1) is 9.79. The van der Waals surface area contributed by atoms with Crippen molar-refractivity contribution in [2.75, 3.05) is 6.54 Å². The fourth-order valence-electron chi connectivity index (χ4n) is 1.89. The average Bonchev–Trinajstić information content (AvgIpc) is 2.48. The van der Waals surface area contributed by atoms with Crippen molar-refractivity contribution in [1.29, 1.82) is 0 Å². The standard InChI is InChI=1S/C16H16ClNO2/c17-15-6-7-16(14(10-15)8-9-18-12-19)20-11-13-4-2-1-3-5-13/h1-7,10,12H,8-9,11H2,(H,18,19). The van der Waals surface area contributed by atoms with Gasteiger partial charge in [-0.2, -0.15) is 0 Å². The van der Waals surface area contributed by atoms with Gasteiger partial charge in [0, 0.05) is 11.6 Å². The van der Waals surface area contributed by atoms with Crippen LogP contribution in [0.4, 0.5) is 0 Å². The number of amides is 1. The second-order valence-corrected chi connectivity index (χ2v) is 4.78. The van der Waals surface area contributed by atoms with E-state index in [2.05, 4.69) is 5.32 Å². The minimum atomic E-state index is 0.510. The minimum absolute atomic E-state index is 0.510. The molecular weight excluding hydrogens is 274 g/mol. The number of ether oxygens (including phenoxy) is 1. The van der Waals surface area contributed by atoms with E-state index >= 15 is 0 Å². The molecule has 0 saturated carbocycles. The maximum atomic E-state index is 10.3. The Morgan fingerprint density at radius 2 is 1.95 bits per heavy atom. The van der Waals surface area contributed by atoms with Crippen LogP contribution >= 0.6 is 11.6 Å². The number of benzene rings is 2. The summed E-state index contributed by atoms with van der Waals surface area (Å²) in [6, 6.07) is 15.5. The lowest BCUT2D eigenvalue weighted by Crippen LogP contribution is -2.14. The molecule has 3 nitrogen and oxygen atoms in total. The molecule has 20 heavy (non-hydrogen) atoms. The molecule has 2 aromatic carbocycles. The zero-order chi connectivity index (χ0) is 14.2. The highest BCUT2D eigenvalue weighted by molar-refractivity contribution is 6.30. The molecule has 4 heteroatoms. The van der Waals surface area contributed by atoms with Gasteiger partial charge in [0.25, 0.3) is 0 Å². The molecule has 0 atom stereocenters. The molecule has 0 bridgehead atoms. The predicted octanol–water partition coefficient (Wildman–Crippen LogP) is 3.21. The number of hydrogen-bond acceptors (Lipinski definition) is 2. The topological polar surface area (TPSA) is 38.3 Å². The number of carbonyl (C=O) groups excluding carboxylic acids is 1. The van der Waals surface area contributed by atoms with E-state index in [0.29, 0.717) is 31.0 Å². The summed E-state index contributed by atoms with van der Waals surface area (Å²) < 4.78 is 5.83. The van der Waals surface area contributed by atoms with Crippen LogP contribution in [-0.4, -0.2) is 13.0 Å². The molecule has 0 aromatic heterocycles. The highest BCUT2D eigenvalue weighted by atomic mass is 35.5. The van der Waals surface area contributed by atoms with Crippen LogP contribution in [0.15, 0.2) is 48.5 Å². The van der Waals surface area contributed by atoms with Crippen LogP contribution in [0.5, 0.6) is 5.75 Å². The molecule has 0 spiro atoms. The maximum Gasteiger partial charge on any atom is 0.207 e. The Morgan fingerprint density at radius 3 is 2.70 bits per heavy atom. The third kappa shape index (κ3) is 4.28. The van der Waals surface area contributed by atoms with Crippen LogP contribution in [0.3, 0.4) is 0 Å². The third-order valence-electron chi connectivity index (χ3n) is 2.88. The molecule has 1 N–H and O–H groups in total. The van der Waals surface area contributed by atoms with Crippen molar-refractivity contribution in [1.82, 2.24) is 5.32 Å². The highest BCUT2D eigenvalue weighted by Crippen LogP contribution is 2.24. The third-order valence-corrected chi connectivity index (χ3v) is 3.12. The number of nitrogens with one attached hydrogen (secondary N) is 1. The van der Waals surface area contributed by atoms with Gasteiger partial charge < -0.3 is 10.1 Å². The summed E-state index contributed by atoms with van der Waals surface area (Å²) in [6.07, 6.45) is 1.37. The molecule has 1 amide bonds. The number of rotatable bonds is 7. The molecule has 0 unspecified atom stereocenters. The fraction of sp³-hybridized carbons (Fsp3) is 0.188. The smallest absolute Gasteiger partial charge is 0.207 e. The fourth-order valence-corrected chi connectivity index (χ4v) is 2.08. The lowest BCUT2D eigenvalue weighted by Gasteiger charge is -2.12. The second kappa shape index (κ2) is 7.56. The Hall–Kier alpha value is -2.00. The zero-order valence-corrected chi connectivity index (χ0v) is 11.8. The Kier molecular flexibility index (Phi) is 5.44. The van der Waals surface area contributed by atoms with Crippen molar-refractivity contribution in [2.24, 2.45) is 0 Å². The van der Waals surface area contributed by atoms with E-state index in [1.165, 1.54) is 0 Å². The Labute approximate surface area is 123 Å². The largest absolute Gasteiger partial charge is 0.489 e. The van der Waals surface area contributed by atoms with Crippen molar-refractivity contribution in [3.63, 3.8) is 0 Å². The number of hydrogen-bond donors (Lipinski definition) is 1. The molecule has 0 aliphatic heterocycles. The molecule has 0 radical (unpaired) electrons. The van der Waals surface area contributed by atoms with Gasteiger partial charge in [-0.05, 0) is 35.7 Å². The van der Waals surface area contributed by atoms with Crippen LogP contribution in [0.2, 0.25) is 5.02 Å². The van der Waals surface area contributed by atoms with Crippen molar-refractivity contribution >= 4 is 18.0 Å². The number of carbonyl (C=O) groups is 1. The molecule has 0 saturated heterocycles. The van der Waals surface area contributed by atoms with Crippen LogP contribution < -0.4 is 10.1 Å². The monoisotopic (exact) mass is 289 g/mol. The van der Waals surface area contributed by atoms with Gasteiger partial charge >= 0.3 is 0 Å². The van der Waals surface area contributed by atoms with Crippen LogP contribution in [0.1, 0.15) is 11.1 Å². The SMILES string of the molecule is O=CNCCc1cc(Cl)ccc1OCc1ccccc1. The minimum Gasteiger partial charge on any atom is -0.489 e. The van der Waals surface area contributed by atoms with Gasteiger partial charge in [0.2, 0.25) is 6.41 Å². The van der Waals surface area contributed by atoms with E-state index in [9.17, 15) is 4.79 Å². The van der Waals surface area contributed by atoms with E-state index in [1.54, 1.807) is 6.07 Å². The van der Waals surface area contributed by atoms with E-state index in [4.69, 9.17) is 16.3 Å². The molecule has 2 rings (SSSR count). The highest BCUT2D eigenvalue weighted by Gasteiger charge is 2.05. The Bertz CT molecular complexity index is 558. The summed E-state index contributed by atoms with van der Waals surface area (Å²) in [5.74, 6) is 0.797. The van der Waals surface area contributed by atoms with E-state index in [0.717, 1.165) is 16.9 Å². The molecule has 2 aromatic rings. The summed E-state index contributed by atoms with van der Waals surface area (Å²) in [7, 11) is 0. The maximum absolute atomic E-state index is 10.3. The first-order valence-electron chi connectivity index (χ1n) is 6.42. The van der Waals surface area contributed by atoms with E-state index < -0.39 is 0 Å². The average molecular weight is 290 g/mol. The first-order valence-corrected chi connectivity index (χ1v) is 6.79. The molecule has 0 aliphatic carbocycles. The van der Waals surface area contributed by atoms with Gasteiger partial charge in [0.1, 0.15) is 12.4 Å². The van der Waals surface area contributed by atoms with Crippen molar-refractivity contribution in [2.45, 2.75) is 13.0 Å². The van der Waals surface area contributed by atoms with Gasteiger partial charge in [0.05, 0.1) is 0 Å². The quantitative estimate of drug-likeness (QED) is 0.628. The van der Waals surface area contributed by atoms with Crippen molar-refractivity contribution in [3.8, 4) is 5.75 Å². The van der Waals surface area contributed by atoms with Crippen LogP contribution in [-0.2, 0) is 17.8 Å². The van der Waals surface area contributed by atoms with Gasteiger partial charge in [-0.1, -0.05) is 41.9 Å². The molecule has 0 fully saturated rings. The van der Waals surface area contributed by atoms with Gasteiger partial charge in [-0.15, -0.1) is 0 Å². The summed E-state index contributed by atoms with van der Waals surface area (Å²) in [6.45, 7) is 1.07.